The van der Waals surface area contributed by atoms with Gasteiger partial charge in [-0.1, -0.05) is 41.9 Å². The molecule has 3 aromatic carbocycles. The van der Waals surface area contributed by atoms with Crippen molar-refractivity contribution in [1.82, 2.24) is 4.98 Å². The molecule has 0 saturated carbocycles. The summed E-state index contributed by atoms with van der Waals surface area (Å²) in [6.07, 6.45) is 0.890. The van der Waals surface area contributed by atoms with Crippen molar-refractivity contribution in [2.24, 2.45) is 0 Å². The molecule has 4 aromatic rings. The van der Waals surface area contributed by atoms with Crippen LogP contribution in [-0.4, -0.2) is 22.2 Å². The third-order valence-corrected chi connectivity index (χ3v) is 5.00. The Hall–Kier alpha value is -3.57. The number of rotatable bonds is 8. The highest BCUT2D eigenvalue weighted by Crippen LogP contribution is 2.22. The number of para-hydroxylation sites is 1. The number of pyridine rings is 1. The zero-order valence-corrected chi connectivity index (χ0v) is 17.3. The maximum atomic E-state index is 11.7. The summed E-state index contributed by atoms with van der Waals surface area (Å²) in [7, 11) is 0. The average molecular weight is 434 g/mol. The van der Waals surface area contributed by atoms with Crippen LogP contribution in [0.5, 0.6) is 11.5 Å². The molecule has 6 heteroatoms. The van der Waals surface area contributed by atoms with Gasteiger partial charge in [-0.2, -0.15) is 0 Å². The lowest BCUT2D eigenvalue weighted by Gasteiger charge is -2.15. The third-order valence-electron chi connectivity index (χ3n) is 4.75. The SMILES string of the molecule is O=C(O)C(Cc1cnc2cc(OCc3ccc(Cl)cc3)ccc2c1)Oc1ccccc1. The van der Waals surface area contributed by atoms with E-state index in [1.807, 2.05) is 54.6 Å². The molecule has 5 nitrogen and oxygen atoms in total. The van der Waals surface area contributed by atoms with Crippen molar-refractivity contribution < 1.29 is 19.4 Å². The van der Waals surface area contributed by atoms with E-state index in [0.29, 0.717) is 23.1 Å². The Bertz CT molecular complexity index is 1180. The fraction of sp³-hybridized carbons (Fsp3) is 0.120. The zero-order valence-electron chi connectivity index (χ0n) is 16.6. The molecule has 1 heterocycles. The van der Waals surface area contributed by atoms with Gasteiger partial charge in [0.15, 0.2) is 6.10 Å². The van der Waals surface area contributed by atoms with Crippen molar-refractivity contribution in [3.63, 3.8) is 0 Å². The molecule has 1 N–H and O–H groups in total. The Morgan fingerprint density at radius 3 is 2.45 bits per heavy atom. The third kappa shape index (κ3) is 5.53. The Kier molecular flexibility index (Phi) is 6.34. The van der Waals surface area contributed by atoms with E-state index in [1.165, 1.54) is 0 Å². The molecule has 0 spiro atoms. The fourth-order valence-corrected chi connectivity index (χ4v) is 3.28. The lowest BCUT2D eigenvalue weighted by Crippen LogP contribution is -2.29. The highest BCUT2D eigenvalue weighted by atomic mass is 35.5. The first kappa shape index (κ1) is 20.7. The van der Waals surface area contributed by atoms with Gasteiger partial charge in [-0.25, -0.2) is 4.79 Å². The molecule has 1 atom stereocenters. The minimum absolute atomic E-state index is 0.210. The molecule has 0 aliphatic carbocycles. The highest BCUT2D eigenvalue weighted by Gasteiger charge is 2.20. The summed E-state index contributed by atoms with van der Waals surface area (Å²) in [5.41, 5.74) is 2.57. The number of hydrogen-bond acceptors (Lipinski definition) is 4. The van der Waals surface area contributed by atoms with Gasteiger partial charge >= 0.3 is 5.97 Å². The van der Waals surface area contributed by atoms with Gasteiger partial charge in [0.25, 0.3) is 0 Å². The second-order valence-electron chi connectivity index (χ2n) is 7.08. The number of fused-ring (bicyclic) bond motifs is 1. The number of ether oxygens (including phenoxy) is 2. The highest BCUT2D eigenvalue weighted by molar-refractivity contribution is 6.30. The second kappa shape index (κ2) is 9.49. The van der Waals surface area contributed by atoms with Gasteiger partial charge < -0.3 is 14.6 Å². The van der Waals surface area contributed by atoms with E-state index in [4.69, 9.17) is 21.1 Å². The average Bonchev–Trinajstić information content (AvgIpc) is 2.79. The molecule has 1 unspecified atom stereocenters. The van der Waals surface area contributed by atoms with Crippen molar-refractivity contribution in [2.75, 3.05) is 0 Å². The zero-order chi connectivity index (χ0) is 21.6. The molecule has 0 fully saturated rings. The summed E-state index contributed by atoms with van der Waals surface area (Å²) in [5, 5.41) is 11.1. The van der Waals surface area contributed by atoms with Crippen LogP contribution in [0.1, 0.15) is 11.1 Å². The molecule has 0 amide bonds. The first-order chi connectivity index (χ1) is 15.1. The van der Waals surface area contributed by atoms with E-state index in [9.17, 15) is 9.90 Å². The number of aromatic nitrogens is 1. The predicted molar refractivity (Wildman–Crippen MR) is 120 cm³/mol. The molecule has 0 aliphatic heterocycles. The van der Waals surface area contributed by atoms with Crippen LogP contribution in [0.3, 0.4) is 0 Å². The smallest absolute Gasteiger partial charge is 0.345 e. The van der Waals surface area contributed by atoms with E-state index < -0.39 is 12.1 Å². The van der Waals surface area contributed by atoms with Crippen LogP contribution in [0.2, 0.25) is 5.02 Å². The number of carbonyl (C=O) groups is 1. The Labute approximate surface area is 184 Å². The first-order valence-electron chi connectivity index (χ1n) is 9.77. The van der Waals surface area contributed by atoms with Crippen LogP contribution in [-0.2, 0) is 17.8 Å². The molecular weight excluding hydrogens is 414 g/mol. The van der Waals surface area contributed by atoms with Gasteiger partial charge in [-0.3, -0.25) is 4.98 Å². The van der Waals surface area contributed by atoms with Gasteiger partial charge in [0.1, 0.15) is 18.1 Å². The number of carboxylic acid groups (broad SMARTS) is 1. The monoisotopic (exact) mass is 433 g/mol. The minimum atomic E-state index is -1.02. The molecule has 0 bridgehead atoms. The number of nitrogens with zero attached hydrogens (tertiary/aromatic N) is 1. The van der Waals surface area contributed by atoms with Crippen LogP contribution in [0.4, 0.5) is 0 Å². The van der Waals surface area contributed by atoms with Crippen LogP contribution < -0.4 is 9.47 Å². The lowest BCUT2D eigenvalue weighted by atomic mass is 10.1. The van der Waals surface area contributed by atoms with E-state index in [2.05, 4.69) is 4.98 Å². The summed E-state index contributed by atoms with van der Waals surface area (Å²) in [6.45, 7) is 0.428. The van der Waals surface area contributed by atoms with Crippen LogP contribution >= 0.6 is 11.6 Å². The number of halogens is 1. The van der Waals surface area contributed by atoms with E-state index in [1.54, 1.807) is 30.5 Å². The quantitative estimate of drug-likeness (QED) is 0.395. The van der Waals surface area contributed by atoms with Crippen molar-refractivity contribution in [3.8, 4) is 11.5 Å². The maximum absolute atomic E-state index is 11.7. The molecule has 0 saturated heterocycles. The van der Waals surface area contributed by atoms with Crippen LogP contribution in [0.15, 0.2) is 85.1 Å². The fourth-order valence-electron chi connectivity index (χ4n) is 3.15. The molecule has 31 heavy (non-hydrogen) atoms. The van der Waals surface area contributed by atoms with Gasteiger partial charge in [0.05, 0.1) is 5.52 Å². The number of aliphatic carboxylic acids is 1. The predicted octanol–water partition coefficient (Wildman–Crippen LogP) is 5.54. The Morgan fingerprint density at radius 1 is 0.935 bits per heavy atom. The molecule has 1 aromatic heterocycles. The molecule has 156 valence electrons. The van der Waals surface area contributed by atoms with Crippen molar-refractivity contribution in [2.45, 2.75) is 19.1 Å². The Balaban J connectivity index is 1.45. The molecule has 0 aliphatic rings. The lowest BCUT2D eigenvalue weighted by molar-refractivity contribution is -0.145. The standard InChI is InChI=1S/C25H20ClNO4/c26-20-9-6-17(7-10-20)16-30-22-11-8-19-12-18(15-27-23(19)14-22)13-24(25(28)29)31-21-4-2-1-3-5-21/h1-12,14-15,24H,13,16H2,(H,28,29). The topological polar surface area (TPSA) is 68.7 Å². The normalized spacial score (nSPS) is 11.8. The van der Waals surface area contributed by atoms with Crippen molar-refractivity contribution >= 4 is 28.5 Å². The molecule has 0 radical (unpaired) electrons. The van der Waals surface area contributed by atoms with E-state index in [-0.39, 0.29) is 6.42 Å². The summed E-state index contributed by atoms with van der Waals surface area (Å²) >= 11 is 5.91. The van der Waals surface area contributed by atoms with Crippen molar-refractivity contribution in [3.05, 3.63) is 101 Å². The van der Waals surface area contributed by atoms with Gasteiger partial charge in [0.2, 0.25) is 0 Å². The largest absolute Gasteiger partial charge is 0.489 e. The summed E-state index contributed by atoms with van der Waals surface area (Å²) < 4.78 is 11.5. The van der Waals surface area contributed by atoms with Gasteiger partial charge in [0, 0.05) is 29.1 Å². The summed E-state index contributed by atoms with van der Waals surface area (Å²) in [5.74, 6) is 0.208. The second-order valence-corrected chi connectivity index (χ2v) is 7.51. The van der Waals surface area contributed by atoms with Gasteiger partial charge in [-0.15, -0.1) is 0 Å². The number of carboxylic acids is 1. The summed E-state index contributed by atoms with van der Waals surface area (Å²) in [4.78, 5) is 16.1. The molecular formula is C25H20ClNO4. The van der Waals surface area contributed by atoms with E-state index >= 15 is 0 Å². The Morgan fingerprint density at radius 2 is 1.71 bits per heavy atom. The minimum Gasteiger partial charge on any atom is -0.489 e. The van der Waals surface area contributed by atoms with Crippen LogP contribution in [0.25, 0.3) is 10.9 Å². The van der Waals surface area contributed by atoms with Crippen LogP contribution in [0, 0.1) is 0 Å². The van der Waals surface area contributed by atoms with Gasteiger partial charge in [-0.05, 0) is 53.6 Å². The number of hydrogen-bond donors (Lipinski definition) is 1. The molecule has 4 rings (SSSR count). The van der Waals surface area contributed by atoms with Crippen molar-refractivity contribution in [1.29, 1.82) is 0 Å². The van der Waals surface area contributed by atoms with E-state index in [0.717, 1.165) is 22.0 Å². The maximum Gasteiger partial charge on any atom is 0.345 e. The number of benzene rings is 3. The first-order valence-corrected chi connectivity index (χ1v) is 10.1. The summed E-state index contributed by atoms with van der Waals surface area (Å²) in [6, 6.07) is 24.0.